The molecule has 3 saturated carbocycles. The minimum atomic E-state index is -1.18. The molecule has 2 N–H and O–H groups in total. The number of fused-ring (bicyclic) bond motifs is 5. The smallest absolute Gasteiger partial charge is 0.167 e. The predicted octanol–water partition coefficient (Wildman–Crippen LogP) is 4.20. The zero-order valence-electron chi connectivity index (χ0n) is 14.9. The van der Waals surface area contributed by atoms with Gasteiger partial charge in [0.25, 0.3) is 0 Å². The van der Waals surface area contributed by atoms with Crippen molar-refractivity contribution in [2.24, 2.45) is 28.6 Å². The van der Waals surface area contributed by atoms with Crippen LogP contribution in [0.1, 0.15) is 65.2 Å². The Morgan fingerprint density at radius 2 is 1.87 bits per heavy atom. The first-order chi connectivity index (χ1) is 10.8. The number of alkyl halides is 1. The van der Waals surface area contributed by atoms with Gasteiger partial charge in [-0.05, 0) is 81.6 Å². The molecule has 2 unspecified atom stereocenters. The highest BCUT2D eigenvalue weighted by molar-refractivity contribution is 5.26. The van der Waals surface area contributed by atoms with E-state index in [1.54, 1.807) is 7.05 Å². The van der Waals surface area contributed by atoms with Gasteiger partial charge < -0.3 is 5.11 Å². The van der Waals surface area contributed by atoms with Gasteiger partial charge >= 0.3 is 0 Å². The average Bonchev–Trinajstić information content (AvgIpc) is 2.80. The van der Waals surface area contributed by atoms with Crippen LogP contribution < -0.4 is 5.32 Å². The Hall–Kier alpha value is -0.410. The SMILES string of the molecule is CNC1(F)CC[C@H]2[C@@H]3CC=C4CC(O)CC[C@]4(C)[C@@H]3CC[C@@]21C. The molecular weight excluding hydrogens is 289 g/mol. The molecule has 0 bridgehead atoms. The topological polar surface area (TPSA) is 32.3 Å². The van der Waals surface area contributed by atoms with Crippen LogP contribution in [0.5, 0.6) is 0 Å². The molecule has 4 aliphatic carbocycles. The van der Waals surface area contributed by atoms with E-state index in [1.165, 1.54) is 5.57 Å². The fourth-order valence-corrected chi connectivity index (χ4v) is 7.04. The van der Waals surface area contributed by atoms with Gasteiger partial charge in [0.05, 0.1) is 6.10 Å². The summed E-state index contributed by atoms with van der Waals surface area (Å²) in [5.74, 6) is 0.632. The number of aliphatic hydroxyl groups is 1. The zero-order valence-corrected chi connectivity index (χ0v) is 14.9. The summed E-state index contributed by atoms with van der Waals surface area (Å²) < 4.78 is 15.4. The van der Waals surface area contributed by atoms with Crippen LogP contribution >= 0.6 is 0 Å². The molecule has 0 spiro atoms. The fraction of sp³-hybridized carbons (Fsp3) is 0.900. The van der Waals surface area contributed by atoms with Crippen molar-refractivity contribution in [1.82, 2.24) is 5.32 Å². The normalized spacial score (nSPS) is 55.6. The minimum Gasteiger partial charge on any atom is -0.393 e. The summed E-state index contributed by atoms with van der Waals surface area (Å²) in [7, 11) is 1.79. The summed E-state index contributed by atoms with van der Waals surface area (Å²) in [5.41, 5.74) is 1.54. The summed E-state index contributed by atoms with van der Waals surface area (Å²) in [6.07, 6.45) is 10.1. The summed E-state index contributed by atoms with van der Waals surface area (Å²) in [6.45, 7) is 4.63. The monoisotopic (exact) mass is 321 g/mol. The maximum atomic E-state index is 15.4. The molecule has 130 valence electrons. The Morgan fingerprint density at radius 1 is 1.13 bits per heavy atom. The minimum absolute atomic E-state index is 0.144. The first-order valence-corrected chi connectivity index (χ1v) is 9.59. The van der Waals surface area contributed by atoms with E-state index in [2.05, 4.69) is 25.2 Å². The Balaban J connectivity index is 1.68. The Kier molecular flexibility index (Phi) is 3.53. The highest BCUT2D eigenvalue weighted by Crippen LogP contribution is 2.67. The van der Waals surface area contributed by atoms with Crippen molar-refractivity contribution >= 4 is 0 Å². The third-order valence-corrected chi connectivity index (χ3v) is 8.57. The molecule has 0 radical (unpaired) electrons. The molecule has 3 fully saturated rings. The quantitative estimate of drug-likeness (QED) is 0.560. The van der Waals surface area contributed by atoms with Crippen molar-refractivity contribution < 1.29 is 9.50 Å². The highest BCUT2D eigenvalue weighted by Gasteiger charge is 2.64. The lowest BCUT2D eigenvalue weighted by molar-refractivity contribution is -0.0980. The summed E-state index contributed by atoms with van der Waals surface area (Å²) >= 11 is 0. The van der Waals surface area contributed by atoms with Gasteiger partial charge in [0.1, 0.15) is 0 Å². The van der Waals surface area contributed by atoms with E-state index < -0.39 is 5.79 Å². The van der Waals surface area contributed by atoms with Crippen LogP contribution in [0.4, 0.5) is 4.39 Å². The van der Waals surface area contributed by atoms with Crippen molar-refractivity contribution in [2.75, 3.05) is 7.05 Å². The number of nitrogens with one attached hydrogen (secondary N) is 1. The molecule has 0 aromatic carbocycles. The molecule has 0 aromatic heterocycles. The van der Waals surface area contributed by atoms with E-state index in [0.29, 0.717) is 24.2 Å². The maximum Gasteiger partial charge on any atom is 0.167 e. The van der Waals surface area contributed by atoms with Crippen molar-refractivity contribution in [3.63, 3.8) is 0 Å². The lowest BCUT2D eigenvalue weighted by Gasteiger charge is -2.58. The van der Waals surface area contributed by atoms with Crippen molar-refractivity contribution in [3.8, 4) is 0 Å². The zero-order chi connectivity index (χ0) is 16.5. The van der Waals surface area contributed by atoms with Gasteiger partial charge in [-0.25, -0.2) is 4.39 Å². The summed E-state index contributed by atoms with van der Waals surface area (Å²) in [6, 6.07) is 0. The number of allylic oxidation sites excluding steroid dienone is 1. The van der Waals surface area contributed by atoms with Gasteiger partial charge in [-0.3, -0.25) is 5.32 Å². The van der Waals surface area contributed by atoms with Gasteiger partial charge in [-0.2, -0.15) is 0 Å². The van der Waals surface area contributed by atoms with E-state index in [9.17, 15) is 5.11 Å². The van der Waals surface area contributed by atoms with Gasteiger partial charge in [-0.1, -0.05) is 25.5 Å². The molecule has 4 rings (SSSR count). The van der Waals surface area contributed by atoms with E-state index in [4.69, 9.17) is 0 Å². The number of aliphatic hydroxyl groups excluding tert-OH is 1. The second-order valence-corrected chi connectivity index (χ2v) is 9.20. The molecule has 2 nitrogen and oxygen atoms in total. The Morgan fingerprint density at radius 3 is 2.61 bits per heavy atom. The van der Waals surface area contributed by atoms with Crippen LogP contribution in [-0.4, -0.2) is 24.1 Å². The summed E-state index contributed by atoms with van der Waals surface area (Å²) in [4.78, 5) is 0. The first kappa shape index (κ1) is 16.1. The average molecular weight is 321 g/mol. The fourth-order valence-electron chi connectivity index (χ4n) is 7.04. The van der Waals surface area contributed by atoms with Crippen molar-refractivity contribution in [3.05, 3.63) is 11.6 Å². The first-order valence-electron chi connectivity index (χ1n) is 9.59. The van der Waals surface area contributed by atoms with Gasteiger partial charge in [0, 0.05) is 5.41 Å². The van der Waals surface area contributed by atoms with E-state index >= 15 is 4.39 Å². The molecule has 7 atom stereocenters. The van der Waals surface area contributed by atoms with Crippen LogP contribution in [0.3, 0.4) is 0 Å². The van der Waals surface area contributed by atoms with Gasteiger partial charge in [-0.15, -0.1) is 0 Å². The number of hydrogen-bond acceptors (Lipinski definition) is 2. The van der Waals surface area contributed by atoms with E-state index in [-0.39, 0.29) is 16.9 Å². The largest absolute Gasteiger partial charge is 0.393 e. The molecular formula is C20H32FNO. The summed E-state index contributed by atoms with van der Waals surface area (Å²) in [5, 5.41) is 13.1. The molecule has 3 heteroatoms. The second kappa shape index (κ2) is 5.05. The number of rotatable bonds is 1. The van der Waals surface area contributed by atoms with Crippen LogP contribution in [0, 0.1) is 28.6 Å². The van der Waals surface area contributed by atoms with E-state index in [1.807, 2.05) is 0 Å². The molecule has 0 amide bonds. The van der Waals surface area contributed by atoms with Crippen LogP contribution in [0.15, 0.2) is 11.6 Å². The Bertz CT molecular complexity index is 534. The third kappa shape index (κ3) is 1.99. The van der Waals surface area contributed by atoms with Gasteiger partial charge in [0.2, 0.25) is 0 Å². The number of halogens is 1. The van der Waals surface area contributed by atoms with Gasteiger partial charge in [0.15, 0.2) is 5.79 Å². The Labute approximate surface area is 139 Å². The molecule has 4 aliphatic rings. The van der Waals surface area contributed by atoms with E-state index in [0.717, 1.165) is 44.9 Å². The van der Waals surface area contributed by atoms with Crippen LogP contribution in [0.25, 0.3) is 0 Å². The number of hydrogen-bond donors (Lipinski definition) is 2. The van der Waals surface area contributed by atoms with Crippen molar-refractivity contribution in [2.45, 2.75) is 77.1 Å². The molecule has 0 aliphatic heterocycles. The standard InChI is InChI=1S/C20H32FNO/c1-18-9-6-14(23)12-13(18)4-5-15-16(18)7-10-19(2)17(15)8-11-20(19,21)22-3/h4,14-17,22-23H,5-12H2,1-3H3/t14?,15-,16-,17+,18+,19+,20?/m1/s1. The molecule has 0 saturated heterocycles. The molecule has 0 aromatic rings. The highest BCUT2D eigenvalue weighted by atomic mass is 19.1. The molecule has 23 heavy (non-hydrogen) atoms. The third-order valence-electron chi connectivity index (χ3n) is 8.57. The second-order valence-electron chi connectivity index (χ2n) is 9.20. The maximum absolute atomic E-state index is 15.4. The predicted molar refractivity (Wildman–Crippen MR) is 90.6 cm³/mol. The lowest BCUT2D eigenvalue weighted by atomic mass is 9.47. The lowest BCUT2D eigenvalue weighted by Crippen LogP contribution is -2.57. The molecule has 0 heterocycles. The van der Waals surface area contributed by atoms with Crippen LogP contribution in [-0.2, 0) is 0 Å². The van der Waals surface area contributed by atoms with Crippen LogP contribution in [0.2, 0.25) is 0 Å². The van der Waals surface area contributed by atoms with Crippen molar-refractivity contribution in [1.29, 1.82) is 0 Å².